The maximum absolute atomic E-state index is 13.1. The van der Waals surface area contributed by atoms with Crippen LogP contribution in [0.2, 0.25) is 0 Å². The molecule has 1 aliphatic heterocycles. The Morgan fingerprint density at radius 1 is 1.00 bits per heavy atom. The van der Waals surface area contributed by atoms with Gasteiger partial charge in [-0.2, -0.15) is 0 Å². The van der Waals surface area contributed by atoms with E-state index in [9.17, 15) is 9.59 Å². The molecule has 2 amide bonds. The summed E-state index contributed by atoms with van der Waals surface area (Å²) in [7, 11) is 0. The molecule has 2 atom stereocenters. The summed E-state index contributed by atoms with van der Waals surface area (Å²) < 4.78 is 5.34. The zero-order valence-corrected chi connectivity index (χ0v) is 15.6. The lowest BCUT2D eigenvalue weighted by molar-refractivity contribution is -0.140. The van der Waals surface area contributed by atoms with E-state index in [1.165, 1.54) is 0 Å². The molecule has 2 aromatic rings. The molecule has 1 heterocycles. The van der Waals surface area contributed by atoms with Crippen molar-refractivity contribution in [3.63, 3.8) is 0 Å². The number of benzene rings is 2. The molecule has 142 valence electrons. The van der Waals surface area contributed by atoms with Crippen LogP contribution in [-0.4, -0.2) is 43.0 Å². The third kappa shape index (κ3) is 5.17. The van der Waals surface area contributed by atoms with E-state index in [1.807, 2.05) is 67.6 Å². The molecule has 0 saturated carbocycles. The minimum absolute atomic E-state index is 0.0789. The fraction of sp³-hybridized carbons (Fsp3) is 0.364. The van der Waals surface area contributed by atoms with Gasteiger partial charge in [-0.15, -0.1) is 0 Å². The van der Waals surface area contributed by atoms with Gasteiger partial charge in [0.25, 0.3) is 0 Å². The summed E-state index contributed by atoms with van der Waals surface area (Å²) in [5.41, 5.74) is 1.91. The first-order valence-corrected chi connectivity index (χ1v) is 9.41. The third-order valence-electron chi connectivity index (χ3n) is 4.82. The largest absolute Gasteiger partial charge is 0.378 e. The van der Waals surface area contributed by atoms with E-state index in [0.717, 1.165) is 11.1 Å². The Kier molecular flexibility index (Phi) is 6.60. The molecule has 5 heteroatoms. The van der Waals surface area contributed by atoms with Gasteiger partial charge in [-0.05, 0) is 17.5 Å². The molecule has 0 aliphatic carbocycles. The smallest absolute Gasteiger partial charge is 0.249 e. The zero-order chi connectivity index (χ0) is 19.1. The SMILES string of the molecule is CC(Cc1ccccc1)C(=O)N[C@H](C(=O)N1CCOCC1)c1ccccc1. The maximum atomic E-state index is 13.1. The van der Waals surface area contributed by atoms with Gasteiger partial charge in [0.2, 0.25) is 11.8 Å². The molecule has 1 saturated heterocycles. The molecule has 27 heavy (non-hydrogen) atoms. The number of nitrogens with one attached hydrogen (secondary N) is 1. The van der Waals surface area contributed by atoms with E-state index < -0.39 is 6.04 Å². The van der Waals surface area contributed by atoms with Crippen molar-refractivity contribution in [2.45, 2.75) is 19.4 Å². The number of ether oxygens (including phenoxy) is 1. The monoisotopic (exact) mass is 366 g/mol. The molecule has 5 nitrogen and oxygen atoms in total. The molecular weight excluding hydrogens is 340 g/mol. The van der Waals surface area contributed by atoms with E-state index in [0.29, 0.717) is 32.7 Å². The Balaban J connectivity index is 1.72. The molecule has 1 aliphatic rings. The van der Waals surface area contributed by atoms with Crippen LogP contribution < -0.4 is 5.32 Å². The van der Waals surface area contributed by atoms with Crippen LogP contribution >= 0.6 is 0 Å². The highest BCUT2D eigenvalue weighted by molar-refractivity contribution is 5.89. The summed E-state index contributed by atoms with van der Waals surface area (Å²) in [5.74, 6) is -0.421. The fourth-order valence-electron chi connectivity index (χ4n) is 3.24. The minimum Gasteiger partial charge on any atom is -0.378 e. The van der Waals surface area contributed by atoms with Crippen LogP contribution in [0.3, 0.4) is 0 Å². The van der Waals surface area contributed by atoms with Crippen LogP contribution in [0, 0.1) is 5.92 Å². The molecule has 1 N–H and O–H groups in total. The van der Waals surface area contributed by atoms with E-state index in [4.69, 9.17) is 4.74 Å². The first kappa shape index (κ1) is 19.1. The average Bonchev–Trinajstić information content (AvgIpc) is 2.73. The Bertz CT molecular complexity index is 743. The van der Waals surface area contributed by atoms with E-state index in [1.54, 1.807) is 4.90 Å². The van der Waals surface area contributed by atoms with Gasteiger partial charge in [0.05, 0.1) is 13.2 Å². The number of morpholine rings is 1. The van der Waals surface area contributed by atoms with Gasteiger partial charge in [0.1, 0.15) is 6.04 Å². The van der Waals surface area contributed by atoms with Crippen molar-refractivity contribution in [2.24, 2.45) is 5.92 Å². The van der Waals surface area contributed by atoms with Gasteiger partial charge in [0.15, 0.2) is 0 Å². The Labute approximate surface area is 160 Å². The first-order valence-electron chi connectivity index (χ1n) is 9.41. The Hall–Kier alpha value is -2.66. The van der Waals surface area contributed by atoms with Gasteiger partial charge in [-0.1, -0.05) is 67.6 Å². The number of amides is 2. The summed E-state index contributed by atoms with van der Waals surface area (Å²) in [6, 6.07) is 18.7. The molecule has 1 unspecified atom stereocenters. The summed E-state index contributed by atoms with van der Waals surface area (Å²) in [6.07, 6.45) is 0.639. The highest BCUT2D eigenvalue weighted by Crippen LogP contribution is 2.18. The third-order valence-corrected chi connectivity index (χ3v) is 4.82. The molecular formula is C22H26N2O3. The standard InChI is InChI=1S/C22H26N2O3/c1-17(16-18-8-4-2-5-9-18)21(25)23-20(19-10-6-3-7-11-19)22(26)24-12-14-27-15-13-24/h2-11,17,20H,12-16H2,1H3,(H,23,25)/t17?,20-/m0/s1. The van der Waals surface area contributed by atoms with Crippen molar-refractivity contribution in [3.8, 4) is 0 Å². The predicted octanol–water partition coefficient (Wildman–Crippen LogP) is 2.58. The van der Waals surface area contributed by atoms with E-state index >= 15 is 0 Å². The quantitative estimate of drug-likeness (QED) is 0.855. The summed E-state index contributed by atoms with van der Waals surface area (Å²) >= 11 is 0. The maximum Gasteiger partial charge on any atom is 0.249 e. The van der Waals surface area contributed by atoms with Crippen LogP contribution in [0.15, 0.2) is 60.7 Å². The normalized spacial score (nSPS) is 16.4. The van der Waals surface area contributed by atoms with Crippen molar-refractivity contribution in [2.75, 3.05) is 26.3 Å². The van der Waals surface area contributed by atoms with Crippen molar-refractivity contribution < 1.29 is 14.3 Å². The van der Waals surface area contributed by atoms with Crippen LogP contribution in [0.1, 0.15) is 24.1 Å². The van der Waals surface area contributed by atoms with Gasteiger partial charge < -0.3 is 15.0 Å². The Morgan fingerprint density at radius 2 is 1.59 bits per heavy atom. The molecule has 0 spiro atoms. The molecule has 0 bridgehead atoms. The second kappa shape index (κ2) is 9.33. The van der Waals surface area contributed by atoms with Gasteiger partial charge in [-0.3, -0.25) is 9.59 Å². The summed E-state index contributed by atoms with van der Waals surface area (Å²) in [5, 5.41) is 2.98. The second-order valence-corrected chi connectivity index (χ2v) is 6.88. The van der Waals surface area contributed by atoms with Crippen LogP contribution in [0.4, 0.5) is 0 Å². The van der Waals surface area contributed by atoms with Crippen molar-refractivity contribution in [1.29, 1.82) is 0 Å². The van der Waals surface area contributed by atoms with Gasteiger partial charge in [-0.25, -0.2) is 0 Å². The summed E-state index contributed by atoms with van der Waals surface area (Å²) in [4.78, 5) is 27.6. The van der Waals surface area contributed by atoms with Crippen molar-refractivity contribution in [3.05, 3.63) is 71.8 Å². The fourth-order valence-corrected chi connectivity index (χ4v) is 3.24. The van der Waals surface area contributed by atoms with Crippen molar-refractivity contribution in [1.82, 2.24) is 10.2 Å². The molecule has 3 rings (SSSR count). The van der Waals surface area contributed by atoms with Crippen LogP contribution in [-0.2, 0) is 20.7 Å². The number of carbonyl (C=O) groups is 2. The van der Waals surface area contributed by atoms with Crippen LogP contribution in [0.25, 0.3) is 0 Å². The number of nitrogens with zero attached hydrogens (tertiary/aromatic N) is 1. The predicted molar refractivity (Wildman–Crippen MR) is 104 cm³/mol. The summed E-state index contributed by atoms with van der Waals surface area (Å²) in [6.45, 7) is 4.07. The number of hydrogen-bond acceptors (Lipinski definition) is 3. The molecule has 0 aromatic heterocycles. The van der Waals surface area contributed by atoms with Crippen LogP contribution in [0.5, 0.6) is 0 Å². The second-order valence-electron chi connectivity index (χ2n) is 6.88. The number of hydrogen-bond donors (Lipinski definition) is 1. The highest BCUT2D eigenvalue weighted by atomic mass is 16.5. The van der Waals surface area contributed by atoms with E-state index in [-0.39, 0.29) is 17.7 Å². The molecule has 1 fully saturated rings. The first-order chi connectivity index (χ1) is 13.1. The lowest BCUT2D eigenvalue weighted by Crippen LogP contribution is -2.48. The number of carbonyl (C=O) groups excluding carboxylic acids is 2. The Morgan fingerprint density at radius 3 is 2.22 bits per heavy atom. The van der Waals surface area contributed by atoms with E-state index in [2.05, 4.69) is 5.32 Å². The molecule has 2 aromatic carbocycles. The van der Waals surface area contributed by atoms with Gasteiger partial charge in [0, 0.05) is 19.0 Å². The number of rotatable bonds is 6. The topological polar surface area (TPSA) is 58.6 Å². The highest BCUT2D eigenvalue weighted by Gasteiger charge is 2.29. The lowest BCUT2D eigenvalue weighted by Gasteiger charge is -2.31. The lowest BCUT2D eigenvalue weighted by atomic mass is 9.98. The minimum atomic E-state index is -0.671. The molecule has 0 radical (unpaired) electrons. The zero-order valence-electron chi connectivity index (χ0n) is 15.6. The van der Waals surface area contributed by atoms with Gasteiger partial charge >= 0.3 is 0 Å². The average molecular weight is 366 g/mol. The van der Waals surface area contributed by atoms with Crippen molar-refractivity contribution >= 4 is 11.8 Å².